The lowest BCUT2D eigenvalue weighted by Crippen LogP contribution is -2.40. The Labute approximate surface area is 122 Å². The summed E-state index contributed by atoms with van der Waals surface area (Å²) in [6, 6.07) is 14.4. The minimum atomic E-state index is -1.26. The van der Waals surface area contributed by atoms with Crippen LogP contribution in [0.25, 0.3) is 0 Å². The molecule has 1 unspecified atom stereocenters. The quantitative estimate of drug-likeness (QED) is 0.904. The van der Waals surface area contributed by atoms with Crippen LogP contribution in [0.3, 0.4) is 0 Å². The van der Waals surface area contributed by atoms with E-state index in [2.05, 4.69) is 5.32 Å². The fraction of sp³-hybridized carbons (Fsp3) is 0.188. The molecule has 0 spiro atoms. The summed E-state index contributed by atoms with van der Waals surface area (Å²) in [4.78, 5) is 11.8. The molecule has 1 atom stereocenters. The number of carbonyl (C=O) groups is 1. The Morgan fingerprint density at radius 1 is 1.14 bits per heavy atom. The van der Waals surface area contributed by atoms with Crippen molar-refractivity contribution in [3.63, 3.8) is 0 Å². The first kappa shape index (κ1) is 13.3. The highest BCUT2D eigenvalue weighted by atomic mass is 16.7. The Kier molecular flexibility index (Phi) is 3.17. The van der Waals surface area contributed by atoms with Gasteiger partial charge in [-0.15, -0.1) is 0 Å². The van der Waals surface area contributed by atoms with Gasteiger partial charge in [0.25, 0.3) is 0 Å². The maximum Gasteiger partial charge on any atom is 0.333 e. The van der Waals surface area contributed by atoms with Gasteiger partial charge in [-0.05, 0) is 36.8 Å². The van der Waals surface area contributed by atoms with E-state index in [9.17, 15) is 9.90 Å². The Morgan fingerprint density at radius 3 is 2.57 bits per heavy atom. The first-order valence-corrected chi connectivity index (χ1v) is 6.56. The Balaban J connectivity index is 1.99. The van der Waals surface area contributed by atoms with Crippen LogP contribution in [0.4, 0.5) is 5.69 Å². The third kappa shape index (κ3) is 2.38. The van der Waals surface area contributed by atoms with E-state index in [1.807, 2.05) is 30.3 Å². The van der Waals surface area contributed by atoms with Crippen molar-refractivity contribution in [2.75, 3.05) is 12.1 Å². The smallest absolute Gasteiger partial charge is 0.333 e. The summed E-state index contributed by atoms with van der Waals surface area (Å²) in [7, 11) is 0. The van der Waals surface area contributed by atoms with Gasteiger partial charge in [0.15, 0.2) is 17.0 Å². The second-order valence-corrected chi connectivity index (χ2v) is 4.99. The van der Waals surface area contributed by atoms with Crippen LogP contribution in [0.1, 0.15) is 12.5 Å². The zero-order valence-corrected chi connectivity index (χ0v) is 11.5. The van der Waals surface area contributed by atoms with Crippen molar-refractivity contribution in [2.45, 2.75) is 12.5 Å². The van der Waals surface area contributed by atoms with E-state index in [4.69, 9.17) is 9.47 Å². The third-order valence-electron chi connectivity index (χ3n) is 3.55. The van der Waals surface area contributed by atoms with Gasteiger partial charge < -0.3 is 19.9 Å². The molecule has 0 aliphatic carbocycles. The van der Waals surface area contributed by atoms with E-state index < -0.39 is 11.5 Å². The predicted octanol–water partition coefficient (Wildman–Crippen LogP) is 2.83. The third-order valence-corrected chi connectivity index (χ3v) is 3.55. The standard InChI is InChI=1S/C16H15NO4/c1-16(15(18)19,17-12-5-3-2-4-6-12)11-7-8-13-14(9-11)21-10-20-13/h2-9,17H,10H2,1H3,(H,18,19). The summed E-state index contributed by atoms with van der Waals surface area (Å²) in [6.07, 6.45) is 0. The first-order chi connectivity index (χ1) is 10.1. The van der Waals surface area contributed by atoms with Crippen LogP contribution >= 0.6 is 0 Å². The molecule has 0 fully saturated rings. The van der Waals surface area contributed by atoms with Gasteiger partial charge in [0, 0.05) is 5.69 Å². The minimum Gasteiger partial charge on any atom is -0.479 e. The molecule has 2 aromatic rings. The normalized spacial score (nSPS) is 15.3. The number of fused-ring (bicyclic) bond motifs is 1. The van der Waals surface area contributed by atoms with Crippen molar-refractivity contribution >= 4 is 11.7 Å². The van der Waals surface area contributed by atoms with Crippen molar-refractivity contribution < 1.29 is 19.4 Å². The molecule has 2 aromatic carbocycles. The van der Waals surface area contributed by atoms with E-state index >= 15 is 0 Å². The number of anilines is 1. The minimum absolute atomic E-state index is 0.161. The molecule has 108 valence electrons. The molecule has 1 aliphatic heterocycles. The summed E-state index contributed by atoms with van der Waals surface area (Å²) in [6.45, 7) is 1.79. The van der Waals surface area contributed by atoms with E-state index in [-0.39, 0.29) is 6.79 Å². The van der Waals surface area contributed by atoms with Gasteiger partial charge in [-0.1, -0.05) is 24.3 Å². The van der Waals surface area contributed by atoms with Crippen LogP contribution in [0, 0.1) is 0 Å². The summed E-state index contributed by atoms with van der Waals surface area (Å²) in [5, 5.41) is 12.7. The number of rotatable bonds is 4. The molecule has 2 N–H and O–H groups in total. The molecule has 1 aliphatic rings. The molecule has 0 amide bonds. The molecule has 0 bridgehead atoms. The molecular weight excluding hydrogens is 270 g/mol. The number of carboxylic acid groups (broad SMARTS) is 1. The highest BCUT2D eigenvalue weighted by molar-refractivity contribution is 5.84. The average Bonchev–Trinajstić information content (AvgIpc) is 2.95. The van der Waals surface area contributed by atoms with Gasteiger partial charge in [-0.2, -0.15) is 0 Å². The molecular formula is C16H15NO4. The zero-order chi connectivity index (χ0) is 14.9. The van der Waals surface area contributed by atoms with Crippen LogP contribution in [0.2, 0.25) is 0 Å². The lowest BCUT2D eigenvalue weighted by Gasteiger charge is -2.28. The number of nitrogens with one attached hydrogen (secondary N) is 1. The average molecular weight is 285 g/mol. The van der Waals surface area contributed by atoms with E-state index in [1.165, 1.54) is 0 Å². The lowest BCUT2D eigenvalue weighted by atomic mass is 9.91. The second-order valence-electron chi connectivity index (χ2n) is 4.99. The number of benzene rings is 2. The summed E-state index contributed by atoms with van der Waals surface area (Å²) in [5.74, 6) is 0.228. The molecule has 3 rings (SSSR count). The molecule has 5 nitrogen and oxygen atoms in total. The fourth-order valence-electron chi connectivity index (χ4n) is 2.27. The van der Waals surface area contributed by atoms with Crippen molar-refractivity contribution in [1.29, 1.82) is 0 Å². The van der Waals surface area contributed by atoms with Crippen LogP contribution < -0.4 is 14.8 Å². The molecule has 0 saturated carbocycles. The van der Waals surface area contributed by atoms with E-state index in [1.54, 1.807) is 25.1 Å². The second kappa shape index (κ2) is 5.01. The highest BCUT2D eigenvalue weighted by Gasteiger charge is 2.36. The van der Waals surface area contributed by atoms with Gasteiger partial charge in [-0.25, -0.2) is 4.79 Å². The summed E-state index contributed by atoms with van der Waals surface area (Å²) in [5.41, 5.74) is 0.0747. The lowest BCUT2D eigenvalue weighted by molar-refractivity contribution is -0.142. The predicted molar refractivity (Wildman–Crippen MR) is 77.6 cm³/mol. The molecule has 0 aromatic heterocycles. The van der Waals surface area contributed by atoms with Gasteiger partial charge in [0.2, 0.25) is 6.79 Å². The topological polar surface area (TPSA) is 67.8 Å². The fourth-order valence-corrected chi connectivity index (χ4v) is 2.27. The van der Waals surface area contributed by atoms with Crippen molar-refractivity contribution in [3.8, 4) is 11.5 Å². The van der Waals surface area contributed by atoms with Gasteiger partial charge in [0.1, 0.15) is 0 Å². The molecule has 0 radical (unpaired) electrons. The van der Waals surface area contributed by atoms with Crippen LogP contribution in [0.15, 0.2) is 48.5 Å². The first-order valence-electron chi connectivity index (χ1n) is 6.56. The monoisotopic (exact) mass is 285 g/mol. The van der Waals surface area contributed by atoms with Crippen molar-refractivity contribution in [3.05, 3.63) is 54.1 Å². The number of hydrogen-bond donors (Lipinski definition) is 2. The zero-order valence-electron chi connectivity index (χ0n) is 11.5. The van der Waals surface area contributed by atoms with Crippen molar-refractivity contribution in [1.82, 2.24) is 0 Å². The van der Waals surface area contributed by atoms with Crippen LogP contribution in [-0.4, -0.2) is 17.9 Å². The Hall–Kier alpha value is -2.69. The molecule has 0 saturated heterocycles. The summed E-state index contributed by atoms with van der Waals surface area (Å²) >= 11 is 0. The van der Waals surface area contributed by atoms with Crippen LogP contribution in [-0.2, 0) is 10.3 Å². The molecule has 5 heteroatoms. The number of hydrogen-bond acceptors (Lipinski definition) is 4. The number of carboxylic acids is 1. The summed E-state index contributed by atoms with van der Waals surface area (Å²) < 4.78 is 10.6. The SMILES string of the molecule is CC(Nc1ccccc1)(C(=O)O)c1ccc2c(c1)OCO2. The highest BCUT2D eigenvalue weighted by Crippen LogP contribution is 2.37. The van der Waals surface area contributed by atoms with E-state index in [0.717, 1.165) is 5.69 Å². The maximum absolute atomic E-state index is 11.8. The number of para-hydroxylation sites is 1. The number of ether oxygens (including phenoxy) is 2. The molecule has 21 heavy (non-hydrogen) atoms. The van der Waals surface area contributed by atoms with Gasteiger partial charge in [0.05, 0.1) is 0 Å². The number of aliphatic carboxylic acids is 1. The maximum atomic E-state index is 11.8. The Bertz CT molecular complexity index is 671. The van der Waals surface area contributed by atoms with Gasteiger partial charge >= 0.3 is 5.97 Å². The van der Waals surface area contributed by atoms with E-state index in [0.29, 0.717) is 17.1 Å². The largest absolute Gasteiger partial charge is 0.479 e. The Morgan fingerprint density at radius 2 is 1.86 bits per heavy atom. The van der Waals surface area contributed by atoms with Gasteiger partial charge in [-0.3, -0.25) is 0 Å². The van der Waals surface area contributed by atoms with Crippen LogP contribution in [0.5, 0.6) is 11.5 Å². The molecule has 1 heterocycles. The van der Waals surface area contributed by atoms with Crippen molar-refractivity contribution in [2.24, 2.45) is 0 Å².